The molecular weight excluding hydrogens is 404 g/mol. The Morgan fingerprint density at radius 2 is 1.90 bits per heavy atom. The summed E-state index contributed by atoms with van der Waals surface area (Å²) in [6.45, 7) is 3.86. The quantitative estimate of drug-likeness (QED) is 0.590. The molecule has 8 nitrogen and oxygen atoms in total. The van der Waals surface area contributed by atoms with Crippen molar-refractivity contribution in [3.05, 3.63) is 68.7 Å². The average Bonchev–Trinajstić information content (AvgIpc) is 3.29. The molecule has 0 saturated carbocycles. The van der Waals surface area contributed by atoms with Crippen molar-refractivity contribution in [2.45, 2.75) is 20.4 Å². The van der Waals surface area contributed by atoms with Gasteiger partial charge in [0, 0.05) is 19.3 Å². The minimum absolute atomic E-state index is 0.189. The predicted molar refractivity (Wildman–Crippen MR) is 114 cm³/mol. The number of nitrogens with one attached hydrogen (secondary N) is 2. The fourth-order valence-corrected chi connectivity index (χ4v) is 3.83. The number of nitrogens with zero attached hydrogens (tertiary/aromatic N) is 2. The van der Waals surface area contributed by atoms with E-state index in [4.69, 9.17) is 4.74 Å². The third-order valence-electron chi connectivity index (χ3n) is 4.43. The van der Waals surface area contributed by atoms with Crippen LogP contribution in [0.2, 0.25) is 0 Å². The molecule has 1 aromatic carbocycles. The lowest BCUT2D eigenvalue weighted by Crippen LogP contribution is -2.23. The third-order valence-corrected chi connectivity index (χ3v) is 5.44. The highest BCUT2D eigenvalue weighted by molar-refractivity contribution is 7.12. The van der Waals surface area contributed by atoms with Crippen molar-refractivity contribution in [1.82, 2.24) is 15.1 Å². The van der Waals surface area contributed by atoms with Gasteiger partial charge in [0.15, 0.2) is 0 Å². The number of hydrogen-bond acceptors (Lipinski definition) is 6. The highest BCUT2D eigenvalue weighted by Crippen LogP contribution is 2.19. The van der Waals surface area contributed by atoms with Crippen LogP contribution < -0.4 is 10.6 Å². The van der Waals surface area contributed by atoms with Crippen LogP contribution >= 0.6 is 11.3 Å². The first-order chi connectivity index (χ1) is 14.3. The number of carbonyl (C=O) groups excluding carboxylic acids is 3. The van der Waals surface area contributed by atoms with Gasteiger partial charge in [-0.2, -0.15) is 5.10 Å². The summed E-state index contributed by atoms with van der Waals surface area (Å²) >= 11 is 1.37. The Labute approximate surface area is 177 Å². The Balaban J connectivity index is 1.82. The zero-order valence-electron chi connectivity index (χ0n) is 17.1. The van der Waals surface area contributed by atoms with E-state index in [1.54, 1.807) is 32.2 Å². The van der Waals surface area contributed by atoms with Gasteiger partial charge in [-0.3, -0.25) is 14.3 Å². The highest BCUT2D eigenvalue weighted by Gasteiger charge is 2.16. The molecule has 0 radical (unpaired) electrons. The van der Waals surface area contributed by atoms with Gasteiger partial charge in [0.05, 0.1) is 23.2 Å². The molecule has 0 fully saturated rings. The van der Waals surface area contributed by atoms with Gasteiger partial charge < -0.3 is 15.4 Å². The number of benzene rings is 1. The predicted octanol–water partition coefficient (Wildman–Crippen LogP) is 3.07. The van der Waals surface area contributed by atoms with E-state index in [1.807, 2.05) is 18.4 Å². The Morgan fingerprint density at radius 3 is 2.50 bits per heavy atom. The molecule has 9 heteroatoms. The molecular formula is C21H22N4O4S. The second-order valence-corrected chi connectivity index (χ2v) is 7.69. The molecule has 2 amide bonds. The van der Waals surface area contributed by atoms with Gasteiger partial charge in [-0.05, 0) is 60.7 Å². The van der Waals surface area contributed by atoms with Crippen molar-refractivity contribution in [2.24, 2.45) is 7.05 Å². The second-order valence-electron chi connectivity index (χ2n) is 6.77. The van der Waals surface area contributed by atoms with E-state index in [0.717, 1.165) is 11.3 Å². The van der Waals surface area contributed by atoms with Crippen molar-refractivity contribution < 1.29 is 19.1 Å². The minimum atomic E-state index is -0.538. The first-order valence-corrected chi connectivity index (χ1v) is 10.0. The lowest BCUT2D eigenvalue weighted by atomic mass is 10.1. The number of thiophene rings is 1. The summed E-state index contributed by atoms with van der Waals surface area (Å²) in [5.74, 6) is -1.09. The van der Waals surface area contributed by atoms with E-state index in [9.17, 15) is 14.4 Å². The van der Waals surface area contributed by atoms with Crippen LogP contribution in [-0.2, 0) is 18.3 Å². The fourth-order valence-electron chi connectivity index (χ4n) is 2.99. The average molecular weight is 426 g/mol. The molecule has 2 aromatic heterocycles. The lowest BCUT2D eigenvalue weighted by Gasteiger charge is -2.11. The van der Waals surface area contributed by atoms with Crippen molar-refractivity contribution in [2.75, 3.05) is 12.4 Å². The van der Waals surface area contributed by atoms with Crippen LogP contribution in [0.15, 0.2) is 35.7 Å². The Kier molecular flexibility index (Phi) is 6.31. The lowest BCUT2D eigenvalue weighted by molar-refractivity contribution is 0.0600. The van der Waals surface area contributed by atoms with Crippen LogP contribution in [0.3, 0.4) is 0 Å². The number of amides is 2. The number of aromatic nitrogens is 2. The smallest absolute Gasteiger partial charge is 0.337 e. The molecule has 3 aromatic rings. The van der Waals surface area contributed by atoms with E-state index < -0.39 is 5.97 Å². The normalized spacial score (nSPS) is 10.5. The SMILES string of the molecule is COC(=O)c1cc(CNC(=O)c2sccc2C)cc(NC(=O)c2cc(C)nn2C)c1. The Bertz CT molecular complexity index is 1120. The van der Waals surface area contributed by atoms with E-state index >= 15 is 0 Å². The molecule has 0 atom stereocenters. The zero-order chi connectivity index (χ0) is 21.8. The van der Waals surface area contributed by atoms with Crippen LogP contribution in [0.4, 0.5) is 5.69 Å². The summed E-state index contributed by atoms with van der Waals surface area (Å²) in [4.78, 5) is 37.7. The van der Waals surface area contributed by atoms with Gasteiger partial charge in [0.1, 0.15) is 5.69 Å². The van der Waals surface area contributed by atoms with Gasteiger partial charge in [-0.15, -0.1) is 11.3 Å². The number of methoxy groups -OCH3 is 1. The Morgan fingerprint density at radius 1 is 1.13 bits per heavy atom. The van der Waals surface area contributed by atoms with E-state index in [0.29, 0.717) is 21.8 Å². The van der Waals surface area contributed by atoms with Gasteiger partial charge in [-0.25, -0.2) is 4.79 Å². The largest absolute Gasteiger partial charge is 0.465 e. The number of esters is 1. The molecule has 0 unspecified atom stereocenters. The summed E-state index contributed by atoms with van der Waals surface area (Å²) in [5, 5.41) is 11.6. The molecule has 0 spiro atoms. The molecule has 0 saturated heterocycles. The molecule has 30 heavy (non-hydrogen) atoms. The first-order valence-electron chi connectivity index (χ1n) is 9.15. The van der Waals surface area contributed by atoms with E-state index in [-0.39, 0.29) is 23.9 Å². The monoisotopic (exact) mass is 426 g/mol. The van der Waals surface area contributed by atoms with Gasteiger partial charge in [-0.1, -0.05) is 0 Å². The topological polar surface area (TPSA) is 102 Å². The molecule has 0 aliphatic carbocycles. The fraction of sp³-hybridized carbons (Fsp3) is 0.238. The number of hydrogen-bond donors (Lipinski definition) is 2. The van der Waals surface area contributed by atoms with Gasteiger partial charge >= 0.3 is 5.97 Å². The van der Waals surface area contributed by atoms with E-state index in [1.165, 1.54) is 29.2 Å². The maximum Gasteiger partial charge on any atom is 0.337 e. The van der Waals surface area contributed by atoms with Crippen LogP contribution in [-0.4, -0.2) is 34.7 Å². The van der Waals surface area contributed by atoms with Crippen molar-refractivity contribution in [1.29, 1.82) is 0 Å². The number of rotatable bonds is 6. The number of carbonyl (C=O) groups is 3. The van der Waals surface area contributed by atoms with Crippen molar-refractivity contribution >= 4 is 34.8 Å². The molecule has 2 heterocycles. The minimum Gasteiger partial charge on any atom is -0.465 e. The summed E-state index contributed by atoms with van der Waals surface area (Å²) in [5.41, 5.74) is 3.35. The maximum absolute atomic E-state index is 12.6. The molecule has 0 bridgehead atoms. The summed E-state index contributed by atoms with van der Waals surface area (Å²) < 4.78 is 6.29. The summed E-state index contributed by atoms with van der Waals surface area (Å²) in [6, 6.07) is 8.41. The van der Waals surface area contributed by atoms with Crippen molar-refractivity contribution in [3.8, 4) is 0 Å². The summed E-state index contributed by atoms with van der Waals surface area (Å²) in [7, 11) is 2.97. The number of anilines is 1. The number of ether oxygens (including phenoxy) is 1. The molecule has 156 valence electrons. The van der Waals surface area contributed by atoms with E-state index in [2.05, 4.69) is 15.7 Å². The standard InChI is InChI=1S/C21H22N4O4S/c1-12-5-6-30-18(12)20(27)22-11-14-8-15(21(28)29-4)10-16(9-14)23-19(26)17-7-13(2)24-25(17)3/h5-10H,11H2,1-4H3,(H,22,27)(H,23,26). The van der Waals surface area contributed by atoms with Gasteiger partial charge in [0.25, 0.3) is 11.8 Å². The molecule has 3 rings (SSSR count). The molecule has 0 aliphatic heterocycles. The Hall–Kier alpha value is -3.46. The van der Waals surface area contributed by atoms with Crippen LogP contribution in [0.5, 0.6) is 0 Å². The van der Waals surface area contributed by atoms with Crippen LogP contribution in [0.1, 0.15) is 47.3 Å². The maximum atomic E-state index is 12.6. The van der Waals surface area contributed by atoms with Crippen LogP contribution in [0, 0.1) is 13.8 Å². The first kappa shape index (κ1) is 21.3. The number of aryl methyl sites for hydroxylation is 3. The van der Waals surface area contributed by atoms with Crippen LogP contribution in [0.25, 0.3) is 0 Å². The molecule has 0 aliphatic rings. The third kappa shape index (κ3) is 4.74. The molecule has 2 N–H and O–H groups in total. The highest BCUT2D eigenvalue weighted by atomic mass is 32.1. The van der Waals surface area contributed by atoms with Gasteiger partial charge in [0.2, 0.25) is 0 Å². The summed E-state index contributed by atoms with van der Waals surface area (Å²) in [6.07, 6.45) is 0. The second kappa shape index (κ2) is 8.91. The zero-order valence-corrected chi connectivity index (χ0v) is 17.9. The van der Waals surface area contributed by atoms with Crippen molar-refractivity contribution in [3.63, 3.8) is 0 Å².